The second kappa shape index (κ2) is 8.07. The van der Waals surface area contributed by atoms with Gasteiger partial charge in [-0.3, -0.25) is 4.79 Å². The maximum absolute atomic E-state index is 12.8. The fraction of sp³-hybridized carbons (Fsp3) is 0.348. The number of carbonyl (C=O) groups is 1. The molecule has 0 spiro atoms. The van der Waals surface area contributed by atoms with Crippen LogP contribution in [0.15, 0.2) is 30.3 Å². The summed E-state index contributed by atoms with van der Waals surface area (Å²) in [5, 5.41) is 4.15. The lowest BCUT2D eigenvalue weighted by atomic mass is 9.95. The normalized spacial score (nSPS) is 13.1. The highest BCUT2D eigenvalue weighted by molar-refractivity contribution is 5.99. The van der Waals surface area contributed by atoms with Crippen molar-refractivity contribution in [3.63, 3.8) is 0 Å². The van der Waals surface area contributed by atoms with Crippen molar-refractivity contribution in [3.8, 4) is 17.2 Å². The molecule has 29 heavy (non-hydrogen) atoms. The summed E-state index contributed by atoms with van der Waals surface area (Å²) < 4.78 is 16.1. The second-order valence-electron chi connectivity index (χ2n) is 7.25. The van der Waals surface area contributed by atoms with Crippen LogP contribution < -0.4 is 19.5 Å². The molecule has 0 bridgehead atoms. The molecule has 3 aromatic rings. The highest BCUT2D eigenvalue weighted by Gasteiger charge is 2.17. The van der Waals surface area contributed by atoms with Crippen LogP contribution in [0.2, 0.25) is 0 Å². The van der Waals surface area contributed by atoms with E-state index in [-0.39, 0.29) is 5.91 Å². The molecule has 4 rings (SSSR count). The van der Waals surface area contributed by atoms with Gasteiger partial charge in [0.25, 0.3) is 5.91 Å². The summed E-state index contributed by atoms with van der Waals surface area (Å²) in [4.78, 5) is 16.3. The number of carbonyl (C=O) groups excluding carboxylic acids is 1. The number of aromatic amines is 1. The maximum atomic E-state index is 12.8. The molecule has 1 heterocycles. The van der Waals surface area contributed by atoms with Crippen LogP contribution in [-0.2, 0) is 19.4 Å². The van der Waals surface area contributed by atoms with Crippen LogP contribution in [0, 0.1) is 0 Å². The smallest absolute Gasteiger partial charge is 0.251 e. The first-order valence-electron chi connectivity index (χ1n) is 9.85. The molecule has 0 unspecified atom stereocenters. The van der Waals surface area contributed by atoms with E-state index in [0.29, 0.717) is 29.4 Å². The van der Waals surface area contributed by atoms with E-state index in [0.717, 1.165) is 29.3 Å². The van der Waals surface area contributed by atoms with Crippen molar-refractivity contribution in [1.29, 1.82) is 0 Å². The van der Waals surface area contributed by atoms with Gasteiger partial charge in [0, 0.05) is 40.3 Å². The number of aryl methyl sites for hydroxylation is 2. The summed E-state index contributed by atoms with van der Waals surface area (Å²) in [5.41, 5.74) is 5.26. The van der Waals surface area contributed by atoms with Gasteiger partial charge in [-0.2, -0.15) is 0 Å². The zero-order chi connectivity index (χ0) is 20.4. The SMILES string of the molecule is COc1cc(OC)c(OC)cc1CNC(=O)c1ccc2[nH]c3c(c2c1)CCCC3. The summed E-state index contributed by atoms with van der Waals surface area (Å²) in [6, 6.07) is 9.45. The predicted molar refractivity (Wildman–Crippen MR) is 112 cm³/mol. The van der Waals surface area contributed by atoms with Crippen LogP contribution in [0.1, 0.15) is 40.0 Å². The van der Waals surface area contributed by atoms with Crippen LogP contribution in [0.3, 0.4) is 0 Å². The Balaban J connectivity index is 1.55. The van der Waals surface area contributed by atoms with E-state index in [4.69, 9.17) is 14.2 Å². The van der Waals surface area contributed by atoms with Crippen molar-refractivity contribution in [2.45, 2.75) is 32.2 Å². The molecule has 1 aliphatic rings. The van der Waals surface area contributed by atoms with Crippen LogP contribution in [0.25, 0.3) is 10.9 Å². The van der Waals surface area contributed by atoms with E-state index in [2.05, 4.69) is 10.3 Å². The third kappa shape index (κ3) is 3.62. The fourth-order valence-corrected chi connectivity index (χ4v) is 4.06. The van der Waals surface area contributed by atoms with Crippen molar-refractivity contribution in [3.05, 3.63) is 52.7 Å². The molecule has 1 aromatic heterocycles. The molecule has 0 saturated carbocycles. The van der Waals surface area contributed by atoms with Crippen molar-refractivity contribution in [1.82, 2.24) is 10.3 Å². The maximum Gasteiger partial charge on any atom is 0.251 e. The van der Waals surface area contributed by atoms with E-state index in [1.54, 1.807) is 27.4 Å². The lowest BCUT2D eigenvalue weighted by Crippen LogP contribution is -2.23. The predicted octanol–water partition coefficient (Wildman–Crippen LogP) is 4.00. The Morgan fingerprint density at radius 2 is 1.69 bits per heavy atom. The van der Waals surface area contributed by atoms with Crippen LogP contribution in [0.5, 0.6) is 17.2 Å². The van der Waals surface area contributed by atoms with Gasteiger partial charge in [-0.25, -0.2) is 0 Å². The van der Waals surface area contributed by atoms with Crippen molar-refractivity contribution >= 4 is 16.8 Å². The molecule has 0 fully saturated rings. The van der Waals surface area contributed by atoms with Crippen LogP contribution in [0.4, 0.5) is 0 Å². The summed E-state index contributed by atoms with van der Waals surface area (Å²) in [6.45, 7) is 0.325. The number of benzene rings is 2. The molecule has 0 radical (unpaired) electrons. The van der Waals surface area contributed by atoms with Gasteiger partial charge in [0.15, 0.2) is 11.5 Å². The summed E-state index contributed by atoms with van der Waals surface area (Å²) in [6.07, 6.45) is 4.59. The van der Waals surface area contributed by atoms with E-state index in [9.17, 15) is 4.79 Å². The van der Waals surface area contributed by atoms with E-state index >= 15 is 0 Å². The molecule has 6 nitrogen and oxygen atoms in total. The molecule has 2 N–H and O–H groups in total. The van der Waals surface area contributed by atoms with Gasteiger partial charge >= 0.3 is 0 Å². The third-order valence-electron chi connectivity index (χ3n) is 5.59. The fourth-order valence-electron chi connectivity index (χ4n) is 4.06. The molecule has 6 heteroatoms. The number of ether oxygens (including phenoxy) is 3. The quantitative estimate of drug-likeness (QED) is 0.663. The van der Waals surface area contributed by atoms with Gasteiger partial charge in [-0.05, 0) is 55.5 Å². The topological polar surface area (TPSA) is 72.6 Å². The molecule has 152 valence electrons. The Morgan fingerprint density at radius 1 is 0.966 bits per heavy atom. The Morgan fingerprint density at radius 3 is 2.45 bits per heavy atom. The Hall–Kier alpha value is -3.15. The lowest BCUT2D eigenvalue weighted by Gasteiger charge is -2.14. The Labute approximate surface area is 170 Å². The summed E-state index contributed by atoms with van der Waals surface area (Å²) >= 11 is 0. The standard InChI is InChI=1S/C23H26N2O4/c1-27-20-12-22(29-3)21(28-2)11-15(20)13-24-23(26)14-8-9-19-17(10-14)16-6-4-5-7-18(16)25-19/h8-12,25H,4-7,13H2,1-3H3,(H,24,26). The minimum atomic E-state index is -0.116. The Kier molecular flexibility index (Phi) is 5.34. The van der Waals surface area contributed by atoms with Crippen LogP contribution in [-0.4, -0.2) is 32.2 Å². The van der Waals surface area contributed by atoms with Crippen molar-refractivity contribution in [2.75, 3.05) is 21.3 Å². The van der Waals surface area contributed by atoms with E-state index < -0.39 is 0 Å². The Bertz CT molecular complexity index is 1050. The number of amides is 1. The van der Waals surface area contributed by atoms with Gasteiger partial charge in [-0.1, -0.05) is 0 Å². The number of rotatable bonds is 6. The van der Waals surface area contributed by atoms with Crippen LogP contribution >= 0.6 is 0 Å². The van der Waals surface area contributed by atoms with Gasteiger partial charge in [0.05, 0.1) is 21.3 Å². The number of fused-ring (bicyclic) bond motifs is 3. The molecule has 1 aliphatic carbocycles. The number of aromatic nitrogens is 1. The van der Waals surface area contributed by atoms with Gasteiger partial charge < -0.3 is 24.5 Å². The largest absolute Gasteiger partial charge is 0.496 e. The molecular weight excluding hydrogens is 368 g/mol. The lowest BCUT2D eigenvalue weighted by molar-refractivity contribution is 0.0951. The minimum absolute atomic E-state index is 0.116. The first-order valence-corrected chi connectivity index (χ1v) is 9.85. The summed E-state index contributed by atoms with van der Waals surface area (Å²) in [7, 11) is 4.75. The molecule has 0 aliphatic heterocycles. The first kappa shape index (κ1) is 19.2. The van der Waals surface area contributed by atoms with E-state index in [1.165, 1.54) is 24.1 Å². The average molecular weight is 394 g/mol. The molecule has 2 aromatic carbocycles. The second-order valence-corrected chi connectivity index (χ2v) is 7.25. The number of hydrogen-bond donors (Lipinski definition) is 2. The number of hydrogen-bond acceptors (Lipinski definition) is 4. The zero-order valence-corrected chi connectivity index (χ0v) is 17.1. The molecule has 0 atom stereocenters. The van der Waals surface area contributed by atoms with Gasteiger partial charge in [0.2, 0.25) is 0 Å². The van der Waals surface area contributed by atoms with Crippen molar-refractivity contribution < 1.29 is 19.0 Å². The number of methoxy groups -OCH3 is 3. The highest BCUT2D eigenvalue weighted by atomic mass is 16.5. The summed E-state index contributed by atoms with van der Waals surface area (Å²) in [5.74, 6) is 1.70. The average Bonchev–Trinajstić information content (AvgIpc) is 3.14. The highest BCUT2D eigenvalue weighted by Crippen LogP contribution is 2.34. The molecule has 1 amide bonds. The third-order valence-corrected chi connectivity index (χ3v) is 5.59. The monoisotopic (exact) mass is 394 g/mol. The molecular formula is C23H26N2O4. The van der Waals surface area contributed by atoms with Crippen molar-refractivity contribution in [2.24, 2.45) is 0 Å². The number of H-pyrrole nitrogens is 1. The first-order chi connectivity index (χ1) is 14.1. The minimum Gasteiger partial charge on any atom is -0.496 e. The van der Waals surface area contributed by atoms with Gasteiger partial charge in [-0.15, -0.1) is 0 Å². The van der Waals surface area contributed by atoms with E-state index in [1.807, 2.05) is 24.3 Å². The molecule has 0 saturated heterocycles. The van der Waals surface area contributed by atoms with Gasteiger partial charge in [0.1, 0.15) is 5.75 Å². The number of nitrogens with one attached hydrogen (secondary N) is 2. The zero-order valence-electron chi connectivity index (χ0n) is 17.1.